The van der Waals surface area contributed by atoms with Gasteiger partial charge in [0.1, 0.15) is 0 Å². The van der Waals surface area contributed by atoms with Crippen LogP contribution in [0.5, 0.6) is 0 Å². The minimum atomic E-state index is -0.619. The van der Waals surface area contributed by atoms with Gasteiger partial charge in [-0.2, -0.15) is 18.1 Å². The highest BCUT2D eigenvalue weighted by molar-refractivity contribution is 9.09. The summed E-state index contributed by atoms with van der Waals surface area (Å²) in [6.07, 6.45) is 9.15. The van der Waals surface area contributed by atoms with Gasteiger partial charge in [0.2, 0.25) is 0 Å². The molecule has 0 aliphatic rings. The molecule has 0 nitrogen and oxygen atoms in total. The summed E-state index contributed by atoms with van der Waals surface area (Å²) in [5.74, 6) is 0. The fraction of sp³-hybridized carbons (Fsp3) is 0.500. The van der Waals surface area contributed by atoms with Gasteiger partial charge in [0.25, 0.3) is 0 Å². The van der Waals surface area contributed by atoms with E-state index in [0.29, 0.717) is 0 Å². The van der Waals surface area contributed by atoms with Crippen LogP contribution in [-0.2, 0) is 0 Å². The van der Waals surface area contributed by atoms with E-state index >= 15 is 0 Å². The predicted molar refractivity (Wildman–Crippen MR) is 59.3 cm³/mol. The van der Waals surface area contributed by atoms with Crippen molar-refractivity contribution in [2.45, 2.75) is 0 Å². The molecule has 0 aromatic rings. The lowest BCUT2D eigenvalue weighted by atomic mass is 11.3. The topological polar surface area (TPSA) is 0 Å². The molecule has 0 spiro atoms. The van der Waals surface area contributed by atoms with Crippen LogP contribution in [0.3, 0.4) is 0 Å². The van der Waals surface area contributed by atoms with E-state index in [1.54, 1.807) is 0 Å². The highest BCUT2D eigenvalue weighted by Crippen LogP contribution is 2.75. The van der Waals surface area contributed by atoms with Crippen LogP contribution in [0.1, 0.15) is 0 Å². The molecule has 0 amide bonds. The van der Waals surface area contributed by atoms with Crippen molar-refractivity contribution in [3.05, 3.63) is 24.0 Å². The zero-order valence-corrected chi connectivity index (χ0v) is 9.02. The minimum Gasteiger partial charge on any atom is -0.193 e. The molecule has 0 radical (unpaired) electrons. The molecule has 0 saturated heterocycles. The Morgan fingerprint density at radius 1 is 0.800 bits per heavy atom. The molecule has 0 fully saturated rings. The average molecular weight is 178 g/mol. The molecule has 0 N–H and O–H groups in total. The van der Waals surface area contributed by atoms with Gasteiger partial charge in [-0.25, -0.2) is 0 Å². The van der Waals surface area contributed by atoms with Crippen molar-refractivity contribution in [2.24, 2.45) is 0 Å². The normalized spacial score (nSPS) is 16.0. The molecule has 0 aliphatic heterocycles. The highest BCUT2D eigenvalue weighted by Gasteiger charge is 2.20. The number of hydrogen-bond donors (Lipinski definition) is 0. The minimum absolute atomic E-state index is 0.619. The maximum absolute atomic E-state index is 3.86. The molecular formula is C8H18S2. The van der Waals surface area contributed by atoms with Crippen LogP contribution in [0.15, 0.2) is 24.0 Å². The smallest absolute Gasteiger partial charge is 0.0237 e. The van der Waals surface area contributed by atoms with Crippen LogP contribution in [0, 0.1) is 0 Å². The second-order valence-electron chi connectivity index (χ2n) is 2.95. The second-order valence-corrected chi connectivity index (χ2v) is 14.0. The summed E-state index contributed by atoms with van der Waals surface area (Å²) in [6, 6.07) is 0. The fourth-order valence-corrected chi connectivity index (χ4v) is 3.16. The van der Waals surface area contributed by atoms with Crippen molar-refractivity contribution >= 4 is 18.1 Å². The first kappa shape index (κ1) is 10.2. The van der Waals surface area contributed by atoms with Crippen LogP contribution in [0.25, 0.3) is 0 Å². The summed E-state index contributed by atoms with van der Waals surface area (Å²) in [5.41, 5.74) is 0. The molecule has 0 atom stereocenters. The van der Waals surface area contributed by atoms with E-state index in [0.717, 1.165) is 0 Å². The molecule has 0 unspecified atom stereocenters. The fourth-order valence-electron chi connectivity index (χ4n) is 0.351. The van der Waals surface area contributed by atoms with Gasteiger partial charge >= 0.3 is 0 Å². The summed E-state index contributed by atoms with van der Waals surface area (Å²) >= 11 is 0. The molecule has 0 saturated carbocycles. The van der Waals surface area contributed by atoms with Gasteiger partial charge in [-0.05, 0) is 35.8 Å². The van der Waals surface area contributed by atoms with E-state index in [4.69, 9.17) is 0 Å². The Bertz CT molecular complexity index is 127. The lowest BCUT2D eigenvalue weighted by Gasteiger charge is -2.46. The van der Waals surface area contributed by atoms with Crippen molar-refractivity contribution in [1.82, 2.24) is 0 Å². The van der Waals surface area contributed by atoms with E-state index in [9.17, 15) is 0 Å². The van der Waals surface area contributed by atoms with Gasteiger partial charge in [-0.15, -0.1) is 0 Å². The van der Waals surface area contributed by atoms with Gasteiger partial charge in [-0.3, -0.25) is 0 Å². The maximum atomic E-state index is 3.86. The van der Waals surface area contributed by atoms with Crippen LogP contribution < -0.4 is 0 Å². The Hall–Kier alpha value is 0.180. The Morgan fingerprint density at radius 3 is 1.10 bits per heavy atom. The first-order chi connectivity index (χ1) is 4.37. The van der Waals surface area contributed by atoms with Crippen molar-refractivity contribution in [2.75, 3.05) is 25.0 Å². The molecule has 10 heavy (non-hydrogen) atoms. The molecule has 0 aromatic heterocycles. The summed E-state index contributed by atoms with van der Waals surface area (Å²) < 4.78 is 0. The third-order valence-electron chi connectivity index (χ3n) is 1.91. The van der Waals surface area contributed by atoms with Gasteiger partial charge in [0.15, 0.2) is 0 Å². The van der Waals surface area contributed by atoms with Crippen molar-refractivity contribution in [3.8, 4) is 0 Å². The van der Waals surface area contributed by atoms with Crippen LogP contribution in [-0.4, -0.2) is 25.0 Å². The van der Waals surface area contributed by atoms with Gasteiger partial charge in [-0.1, -0.05) is 13.2 Å². The predicted octanol–water partition coefficient (Wildman–Crippen LogP) is 3.32. The SMILES string of the molecule is C=CS(C)(C)S(C)(C)C=C. The highest BCUT2D eigenvalue weighted by atomic mass is 33.2. The average Bonchev–Trinajstić information content (AvgIpc) is 1.88. The molecule has 2 heteroatoms. The first-order valence-electron chi connectivity index (χ1n) is 3.09. The molecule has 0 heterocycles. The lowest BCUT2D eigenvalue weighted by molar-refractivity contribution is 2.17. The Kier molecular flexibility index (Phi) is 3.11. The zero-order valence-electron chi connectivity index (χ0n) is 7.39. The van der Waals surface area contributed by atoms with Gasteiger partial charge in [0, 0.05) is 0 Å². The Balaban J connectivity index is 4.59. The van der Waals surface area contributed by atoms with E-state index in [2.05, 4.69) is 49.0 Å². The first-order valence-corrected chi connectivity index (χ1v) is 8.63. The summed E-state index contributed by atoms with van der Waals surface area (Å²) in [4.78, 5) is 0. The van der Waals surface area contributed by atoms with E-state index in [-0.39, 0.29) is 0 Å². The van der Waals surface area contributed by atoms with Crippen molar-refractivity contribution in [3.63, 3.8) is 0 Å². The third kappa shape index (κ3) is 1.83. The van der Waals surface area contributed by atoms with Crippen molar-refractivity contribution in [1.29, 1.82) is 0 Å². The molecule has 0 rings (SSSR count). The van der Waals surface area contributed by atoms with Crippen LogP contribution in [0.2, 0.25) is 0 Å². The van der Waals surface area contributed by atoms with Gasteiger partial charge in [0.05, 0.1) is 0 Å². The summed E-state index contributed by atoms with van der Waals surface area (Å²) in [7, 11) is -1.24. The molecule has 0 bridgehead atoms. The maximum Gasteiger partial charge on any atom is -0.0237 e. The number of rotatable bonds is 3. The van der Waals surface area contributed by atoms with E-state index in [1.165, 1.54) is 0 Å². The summed E-state index contributed by atoms with van der Waals surface area (Å²) in [5, 5.41) is 4.20. The number of hydrogen-bond acceptors (Lipinski definition) is 0. The second kappa shape index (κ2) is 3.05. The summed E-state index contributed by atoms with van der Waals surface area (Å²) in [6.45, 7) is 7.71. The standard InChI is InChI=1S/C8H18S2/c1-7-9(3,4)10(5,6)8-2/h7-8H,1-2H2,3-6H3. The Morgan fingerprint density at radius 2 is 1.00 bits per heavy atom. The lowest BCUT2D eigenvalue weighted by Crippen LogP contribution is -1.99. The van der Waals surface area contributed by atoms with E-state index in [1.807, 2.05) is 0 Å². The largest absolute Gasteiger partial charge is 0.193 e. The molecule has 0 aliphatic carbocycles. The molecule has 0 aromatic carbocycles. The molecular weight excluding hydrogens is 160 g/mol. The van der Waals surface area contributed by atoms with Crippen molar-refractivity contribution < 1.29 is 0 Å². The monoisotopic (exact) mass is 178 g/mol. The van der Waals surface area contributed by atoms with E-state index < -0.39 is 18.1 Å². The molecule has 62 valence electrons. The Labute approximate surface area is 67.4 Å². The van der Waals surface area contributed by atoms with Crippen LogP contribution in [0.4, 0.5) is 0 Å². The zero-order chi connectivity index (χ0) is 8.41. The quantitative estimate of drug-likeness (QED) is 0.582. The van der Waals surface area contributed by atoms with Gasteiger partial charge < -0.3 is 0 Å². The van der Waals surface area contributed by atoms with Crippen LogP contribution >= 0.6 is 18.1 Å². The third-order valence-corrected chi connectivity index (χ3v) is 13.2.